The van der Waals surface area contributed by atoms with Crippen LogP contribution in [0.4, 0.5) is 0 Å². The molecule has 0 saturated heterocycles. The van der Waals surface area contributed by atoms with E-state index in [0.29, 0.717) is 6.61 Å². The van der Waals surface area contributed by atoms with Gasteiger partial charge in [0.2, 0.25) is 0 Å². The molecule has 0 bridgehead atoms. The van der Waals surface area contributed by atoms with Crippen LogP contribution in [0.3, 0.4) is 0 Å². The van der Waals surface area contributed by atoms with Gasteiger partial charge in [0.25, 0.3) is 0 Å². The van der Waals surface area contributed by atoms with Crippen molar-refractivity contribution in [2.75, 3.05) is 26.2 Å². The summed E-state index contributed by atoms with van der Waals surface area (Å²) < 4.78 is 5.18. The number of nitrogens with zero attached hydrogens (tertiary/aromatic N) is 1. The van der Waals surface area contributed by atoms with Crippen LogP contribution in [0, 0.1) is 5.92 Å². The van der Waals surface area contributed by atoms with E-state index in [2.05, 4.69) is 17.1 Å². The van der Waals surface area contributed by atoms with E-state index in [1.807, 2.05) is 6.92 Å². The maximum Gasteiger partial charge on any atom is 0.323 e. The van der Waals surface area contributed by atoms with E-state index in [1.165, 1.54) is 32.2 Å². The molecule has 2 aliphatic carbocycles. The van der Waals surface area contributed by atoms with Gasteiger partial charge in [-0.25, -0.2) is 0 Å². The number of nitrogens with one attached hydrogen (secondary N) is 1. The van der Waals surface area contributed by atoms with Crippen molar-refractivity contribution in [3.8, 4) is 0 Å². The lowest BCUT2D eigenvalue weighted by molar-refractivity contribution is -0.146. The van der Waals surface area contributed by atoms with Crippen LogP contribution in [0.15, 0.2) is 0 Å². The van der Waals surface area contributed by atoms with Gasteiger partial charge in [-0.1, -0.05) is 6.92 Å². The van der Waals surface area contributed by atoms with E-state index in [4.69, 9.17) is 4.74 Å². The average molecular weight is 282 g/mol. The number of esters is 1. The molecule has 0 aromatic carbocycles. The van der Waals surface area contributed by atoms with Crippen molar-refractivity contribution in [3.63, 3.8) is 0 Å². The largest absolute Gasteiger partial charge is 0.465 e. The van der Waals surface area contributed by atoms with Crippen LogP contribution in [0.1, 0.15) is 52.4 Å². The monoisotopic (exact) mass is 282 g/mol. The molecule has 0 heterocycles. The van der Waals surface area contributed by atoms with Crippen LogP contribution in [0.5, 0.6) is 0 Å². The molecule has 116 valence electrons. The molecule has 2 saturated carbocycles. The molecule has 1 N–H and O–H groups in total. The Morgan fingerprint density at radius 3 is 2.60 bits per heavy atom. The van der Waals surface area contributed by atoms with Crippen molar-refractivity contribution >= 4 is 5.97 Å². The molecule has 20 heavy (non-hydrogen) atoms. The average Bonchev–Trinajstić information content (AvgIpc) is 3.29. The zero-order chi connectivity index (χ0) is 14.4. The fourth-order valence-electron chi connectivity index (χ4n) is 2.65. The van der Waals surface area contributed by atoms with Crippen molar-refractivity contribution in [2.45, 2.75) is 64.5 Å². The first-order valence-electron chi connectivity index (χ1n) is 8.38. The van der Waals surface area contributed by atoms with Crippen LogP contribution < -0.4 is 5.32 Å². The molecule has 2 fully saturated rings. The highest BCUT2D eigenvalue weighted by molar-refractivity contribution is 5.75. The lowest BCUT2D eigenvalue weighted by atomic mass is 10.2. The zero-order valence-electron chi connectivity index (χ0n) is 13.1. The van der Waals surface area contributed by atoms with Crippen LogP contribution in [-0.2, 0) is 9.53 Å². The van der Waals surface area contributed by atoms with Crippen LogP contribution in [0.25, 0.3) is 0 Å². The molecule has 0 spiro atoms. The first-order chi connectivity index (χ1) is 9.74. The maximum absolute atomic E-state index is 12.0. The lowest BCUT2D eigenvalue weighted by Crippen LogP contribution is -2.42. The minimum atomic E-state index is -0.129. The molecule has 0 aromatic heterocycles. The second-order valence-corrected chi connectivity index (χ2v) is 6.22. The molecular formula is C16H30N2O2. The Bertz CT molecular complexity index is 301. The van der Waals surface area contributed by atoms with Crippen LogP contribution in [-0.4, -0.2) is 49.2 Å². The van der Waals surface area contributed by atoms with Crippen LogP contribution >= 0.6 is 0 Å². The number of carbonyl (C=O) groups excluding carboxylic acids is 1. The Labute approximate surface area is 123 Å². The number of ether oxygens (including phenoxy) is 1. The van der Waals surface area contributed by atoms with Gasteiger partial charge in [-0.3, -0.25) is 4.79 Å². The molecule has 0 amide bonds. The highest BCUT2D eigenvalue weighted by atomic mass is 16.5. The smallest absolute Gasteiger partial charge is 0.323 e. The summed E-state index contributed by atoms with van der Waals surface area (Å²) >= 11 is 0. The van der Waals surface area contributed by atoms with E-state index in [-0.39, 0.29) is 12.0 Å². The molecule has 2 rings (SSSR count). The standard InChI is InChI=1S/C16H30N2O2/c1-3-10-17-15(16(19)20-4-2)9-11-18(14-7-8-14)12-13-5-6-13/h13-15,17H,3-12H2,1-2H3. The van der Waals surface area contributed by atoms with Crippen molar-refractivity contribution in [2.24, 2.45) is 5.92 Å². The number of hydrogen-bond donors (Lipinski definition) is 1. The van der Waals surface area contributed by atoms with Crippen molar-refractivity contribution in [3.05, 3.63) is 0 Å². The van der Waals surface area contributed by atoms with Gasteiger partial charge in [-0.15, -0.1) is 0 Å². The summed E-state index contributed by atoms with van der Waals surface area (Å²) in [6.45, 7) is 7.62. The second-order valence-electron chi connectivity index (χ2n) is 6.22. The summed E-state index contributed by atoms with van der Waals surface area (Å²) in [7, 11) is 0. The molecule has 0 aromatic rings. The highest BCUT2D eigenvalue weighted by Crippen LogP contribution is 2.34. The Morgan fingerprint density at radius 1 is 1.30 bits per heavy atom. The van der Waals surface area contributed by atoms with Crippen molar-refractivity contribution in [1.29, 1.82) is 0 Å². The van der Waals surface area contributed by atoms with Gasteiger partial charge < -0.3 is 15.0 Å². The normalized spacial score (nSPS) is 20.1. The quantitative estimate of drug-likeness (QED) is 0.590. The fourth-order valence-corrected chi connectivity index (χ4v) is 2.65. The van der Waals surface area contributed by atoms with Gasteiger partial charge in [0, 0.05) is 19.1 Å². The summed E-state index contributed by atoms with van der Waals surface area (Å²) in [5.74, 6) is 0.850. The van der Waals surface area contributed by atoms with Crippen LogP contribution in [0.2, 0.25) is 0 Å². The highest BCUT2D eigenvalue weighted by Gasteiger charge is 2.34. The lowest BCUT2D eigenvalue weighted by Gasteiger charge is -2.24. The molecule has 1 atom stereocenters. The molecule has 4 heteroatoms. The Balaban J connectivity index is 1.76. The molecule has 0 radical (unpaired) electrons. The Hall–Kier alpha value is -0.610. The van der Waals surface area contributed by atoms with Gasteiger partial charge in [0.15, 0.2) is 0 Å². The van der Waals surface area contributed by atoms with Crippen molar-refractivity contribution in [1.82, 2.24) is 10.2 Å². The van der Waals surface area contributed by atoms with Gasteiger partial charge in [0.1, 0.15) is 6.04 Å². The molecule has 4 nitrogen and oxygen atoms in total. The Morgan fingerprint density at radius 2 is 2.05 bits per heavy atom. The maximum atomic E-state index is 12.0. The summed E-state index contributed by atoms with van der Waals surface area (Å²) in [4.78, 5) is 14.6. The molecule has 1 unspecified atom stereocenters. The predicted octanol–water partition coefficient (Wildman–Crippen LogP) is 2.18. The number of hydrogen-bond acceptors (Lipinski definition) is 4. The van der Waals surface area contributed by atoms with E-state index >= 15 is 0 Å². The molecule has 2 aliphatic rings. The summed E-state index contributed by atoms with van der Waals surface area (Å²) in [6.07, 6.45) is 7.42. The third kappa shape index (κ3) is 5.41. The summed E-state index contributed by atoms with van der Waals surface area (Å²) in [6, 6.07) is 0.667. The van der Waals surface area contributed by atoms with E-state index < -0.39 is 0 Å². The fraction of sp³-hybridized carbons (Fsp3) is 0.938. The summed E-state index contributed by atoms with van der Waals surface area (Å²) in [5, 5.41) is 3.34. The first kappa shape index (κ1) is 15.8. The van der Waals surface area contributed by atoms with Gasteiger partial charge in [-0.05, 0) is 57.9 Å². The SMILES string of the molecule is CCCNC(CCN(CC1CC1)C1CC1)C(=O)OCC. The van der Waals surface area contributed by atoms with Crippen molar-refractivity contribution < 1.29 is 9.53 Å². The predicted molar refractivity (Wildman–Crippen MR) is 80.7 cm³/mol. The van der Waals surface area contributed by atoms with Gasteiger partial charge >= 0.3 is 5.97 Å². The number of rotatable bonds is 11. The Kier molecular flexibility index (Phi) is 6.30. The topological polar surface area (TPSA) is 41.6 Å². The van der Waals surface area contributed by atoms with E-state index in [0.717, 1.165) is 37.9 Å². The minimum absolute atomic E-state index is 0.0804. The van der Waals surface area contributed by atoms with Gasteiger partial charge in [-0.2, -0.15) is 0 Å². The minimum Gasteiger partial charge on any atom is -0.465 e. The first-order valence-corrected chi connectivity index (χ1v) is 8.38. The summed E-state index contributed by atoms with van der Waals surface area (Å²) in [5.41, 5.74) is 0. The molecular weight excluding hydrogens is 252 g/mol. The molecule has 0 aliphatic heterocycles. The third-order valence-corrected chi connectivity index (χ3v) is 4.17. The third-order valence-electron chi connectivity index (χ3n) is 4.17. The number of carbonyl (C=O) groups is 1. The zero-order valence-corrected chi connectivity index (χ0v) is 13.1. The van der Waals surface area contributed by atoms with E-state index in [1.54, 1.807) is 0 Å². The van der Waals surface area contributed by atoms with E-state index in [9.17, 15) is 4.79 Å². The second kappa shape index (κ2) is 7.99. The van der Waals surface area contributed by atoms with Gasteiger partial charge in [0.05, 0.1) is 6.61 Å².